The zero-order chi connectivity index (χ0) is 17.7. The van der Waals surface area contributed by atoms with Crippen molar-refractivity contribution in [3.63, 3.8) is 0 Å². The Labute approximate surface area is 144 Å². The molecule has 0 aliphatic heterocycles. The number of benzene rings is 1. The second-order valence-corrected chi connectivity index (χ2v) is 7.10. The van der Waals surface area contributed by atoms with Gasteiger partial charge in [-0.1, -0.05) is 44.2 Å². The highest BCUT2D eigenvalue weighted by molar-refractivity contribution is 5.95. The van der Waals surface area contributed by atoms with Crippen molar-refractivity contribution in [2.45, 2.75) is 46.2 Å². The van der Waals surface area contributed by atoms with Crippen LogP contribution >= 0.6 is 0 Å². The molecule has 5 nitrogen and oxygen atoms in total. The van der Waals surface area contributed by atoms with Crippen LogP contribution < -0.4 is 11.1 Å². The molecule has 0 saturated carbocycles. The molecule has 1 aromatic carbocycles. The third-order valence-corrected chi connectivity index (χ3v) is 4.25. The second kappa shape index (κ2) is 7.62. The van der Waals surface area contributed by atoms with Crippen molar-refractivity contribution in [2.75, 3.05) is 6.54 Å². The fourth-order valence-electron chi connectivity index (χ4n) is 3.01. The Hall–Kier alpha value is -2.14. The van der Waals surface area contributed by atoms with E-state index in [1.54, 1.807) is 6.20 Å². The summed E-state index contributed by atoms with van der Waals surface area (Å²) in [6.07, 6.45) is 2.48. The van der Waals surface area contributed by atoms with E-state index in [0.29, 0.717) is 24.6 Å². The number of rotatable bonds is 7. The average molecular weight is 328 g/mol. The lowest BCUT2D eigenvalue weighted by Crippen LogP contribution is -2.52. The predicted molar refractivity (Wildman–Crippen MR) is 96.9 cm³/mol. The molecular weight excluding hydrogens is 300 g/mol. The van der Waals surface area contributed by atoms with Gasteiger partial charge in [0.15, 0.2) is 0 Å². The fraction of sp³-hybridized carbons (Fsp3) is 0.474. The van der Waals surface area contributed by atoms with Gasteiger partial charge in [0, 0.05) is 17.8 Å². The van der Waals surface area contributed by atoms with Gasteiger partial charge in [0.1, 0.15) is 0 Å². The van der Waals surface area contributed by atoms with Crippen LogP contribution in [0.4, 0.5) is 0 Å². The Balaban J connectivity index is 2.13. The maximum Gasteiger partial charge on any atom is 0.255 e. The molecule has 1 heterocycles. The molecule has 1 amide bonds. The van der Waals surface area contributed by atoms with Gasteiger partial charge in [0.25, 0.3) is 5.91 Å². The number of hydrogen-bond donors (Lipinski definition) is 2. The van der Waals surface area contributed by atoms with Crippen LogP contribution in [0.1, 0.15) is 48.8 Å². The summed E-state index contributed by atoms with van der Waals surface area (Å²) in [6, 6.07) is 10.1. The molecule has 1 atom stereocenters. The maximum atomic E-state index is 12.7. The molecule has 0 bridgehead atoms. The Morgan fingerprint density at radius 2 is 2.00 bits per heavy atom. The summed E-state index contributed by atoms with van der Waals surface area (Å²) >= 11 is 0. The summed E-state index contributed by atoms with van der Waals surface area (Å²) in [7, 11) is 0. The van der Waals surface area contributed by atoms with Crippen LogP contribution in [0.15, 0.2) is 36.5 Å². The summed E-state index contributed by atoms with van der Waals surface area (Å²) in [6.45, 7) is 9.24. The summed E-state index contributed by atoms with van der Waals surface area (Å²) in [5.41, 5.74) is 8.11. The number of nitrogens with zero attached hydrogens (tertiary/aromatic N) is 2. The predicted octanol–water partition coefficient (Wildman–Crippen LogP) is 2.73. The maximum absolute atomic E-state index is 12.7. The Bertz CT molecular complexity index is 678. The smallest absolute Gasteiger partial charge is 0.255 e. The molecule has 0 spiro atoms. The monoisotopic (exact) mass is 328 g/mol. The van der Waals surface area contributed by atoms with Gasteiger partial charge in [-0.3, -0.25) is 9.48 Å². The van der Waals surface area contributed by atoms with Gasteiger partial charge in [0.2, 0.25) is 0 Å². The van der Waals surface area contributed by atoms with E-state index < -0.39 is 5.54 Å². The van der Waals surface area contributed by atoms with E-state index >= 15 is 0 Å². The molecule has 0 aliphatic rings. The Morgan fingerprint density at radius 3 is 2.58 bits per heavy atom. The standard InChI is InChI=1S/C19H28N4O/c1-14(2)10-19(4,13-20)22-18(24)17-11-21-23(15(17)3)12-16-8-6-5-7-9-16/h5-9,11,14H,10,12-13,20H2,1-4H3,(H,22,24). The van der Waals surface area contributed by atoms with Gasteiger partial charge < -0.3 is 11.1 Å². The highest BCUT2D eigenvalue weighted by atomic mass is 16.1. The number of hydrogen-bond acceptors (Lipinski definition) is 3. The van der Waals surface area contributed by atoms with E-state index in [1.165, 1.54) is 0 Å². The Kier molecular flexibility index (Phi) is 5.78. The summed E-state index contributed by atoms with van der Waals surface area (Å²) in [5.74, 6) is 0.348. The third-order valence-electron chi connectivity index (χ3n) is 4.25. The van der Waals surface area contributed by atoms with E-state index in [4.69, 9.17) is 5.73 Å². The minimum atomic E-state index is -0.404. The number of carbonyl (C=O) groups is 1. The van der Waals surface area contributed by atoms with Crippen molar-refractivity contribution in [3.05, 3.63) is 53.3 Å². The molecule has 0 aliphatic carbocycles. The van der Waals surface area contributed by atoms with Crippen LogP contribution in [0.3, 0.4) is 0 Å². The van der Waals surface area contributed by atoms with Gasteiger partial charge in [-0.05, 0) is 31.7 Å². The number of aromatic nitrogens is 2. The normalized spacial score (nSPS) is 13.8. The van der Waals surface area contributed by atoms with E-state index in [1.807, 2.05) is 36.7 Å². The van der Waals surface area contributed by atoms with Crippen molar-refractivity contribution in [1.29, 1.82) is 0 Å². The highest BCUT2D eigenvalue weighted by Gasteiger charge is 2.27. The SMILES string of the molecule is Cc1c(C(=O)NC(C)(CN)CC(C)C)cnn1Cc1ccccc1. The van der Waals surface area contributed by atoms with Crippen LogP contribution in [0.2, 0.25) is 0 Å². The molecule has 3 N–H and O–H groups in total. The topological polar surface area (TPSA) is 72.9 Å². The number of nitrogens with two attached hydrogens (primary N) is 1. The van der Waals surface area contributed by atoms with Gasteiger partial charge in [0.05, 0.1) is 18.3 Å². The van der Waals surface area contributed by atoms with E-state index in [0.717, 1.165) is 17.7 Å². The lowest BCUT2D eigenvalue weighted by atomic mass is 9.90. The number of amides is 1. The summed E-state index contributed by atoms with van der Waals surface area (Å²) < 4.78 is 1.85. The van der Waals surface area contributed by atoms with Crippen molar-refractivity contribution in [3.8, 4) is 0 Å². The van der Waals surface area contributed by atoms with Gasteiger partial charge in [-0.25, -0.2) is 0 Å². The molecule has 24 heavy (non-hydrogen) atoms. The molecule has 130 valence electrons. The van der Waals surface area contributed by atoms with Crippen molar-refractivity contribution < 1.29 is 4.79 Å². The molecule has 0 radical (unpaired) electrons. The molecule has 1 unspecified atom stereocenters. The molecule has 2 rings (SSSR count). The first kappa shape index (κ1) is 18.2. The van der Waals surface area contributed by atoms with Crippen LogP contribution in [0.25, 0.3) is 0 Å². The zero-order valence-electron chi connectivity index (χ0n) is 15.0. The van der Waals surface area contributed by atoms with Crippen molar-refractivity contribution in [1.82, 2.24) is 15.1 Å². The van der Waals surface area contributed by atoms with E-state index in [9.17, 15) is 4.79 Å². The molecule has 2 aromatic rings. The lowest BCUT2D eigenvalue weighted by Gasteiger charge is -2.31. The quantitative estimate of drug-likeness (QED) is 0.821. The zero-order valence-corrected chi connectivity index (χ0v) is 15.0. The molecule has 5 heteroatoms. The molecule has 1 aromatic heterocycles. The van der Waals surface area contributed by atoms with Gasteiger partial charge >= 0.3 is 0 Å². The fourth-order valence-corrected chi connectivity index (χ4v) is 3.01. The minimum Gasteiger partial charge on any atom is -0.345 e. The minimum absolute atomic E-state index is 0.111. The first-order chi connectivity index (χ1) is 11.3. The van der Waals surface area contributed by atoms with Gasteiger partial charge in [-0.15, -0.1) is 0 Å². The van der Waals surface area contributed by atoms with Crippen molar-refractivity contribution in [2.24, 2.45) is 11.7 Å². The first-order valence-electron chi connectivity index (χ1n) is 8.43. The molecular formula is C19H28N4O. The Morgan fingerprint density at radius 1 is 1.33 bits per heavy atom. The lowest BCUT2D eigenvalue weighted by molar-refractivity contribution is 0.0897. The summed E-state index contributed by atoms with van der Waals surface area (Å²) in [5, 5.41) is 7.46. The molecule has 0 saturated heterocycles. The van der Waals surface area contributed by atoms with Crippen LogP contribution in [0.5, 0.6) is 0 Å². The second-order valence-electron chi connectivity index (χ2n) is 7.10. The largest absolute Gasteiger partial charge is 0.345 e. The van der Waals surface area contributed by atoms with Crippen LogP contribution in [0, 0.1) is 12.8 Å². The third kappa shape index (κ3) is 4.45. The first-order valence-corrected chi connectivity index (χ1v) is 8.43. The average Bonchev–Trinajstić information content (AvgIpc) is 2.88. The van der Waals surface area contributed by atoms with E-state index in [2.05, 4.69) is 36.4 Å². The number of carbonyl (C=O) groups excluding carboxylic acids is 1. The number of nitrogens with one attached hydrogen (secondary N) is 1. The van der Waals surface area contributed by atoms with Gasteiger partial charge in [-0.2, -0.15) is 5.10 Å². The highest BCUT2D eigenvalue weighted by Crippen LogP contribution is 2.17. The van der Waals surface area contributed by atoms with Crippen molar-refractivity contribution >= 4 is 5.91 Å². The van der Waals surface area contributed by atoms with Crippen LogP contribution in [-0.4, -0.2) is 27.8 Å². The van der Waals surface area contributed by atoms with Crippen LogP contribution in [-0.2, 0) is 6.54 Å². The summed E-state index contributed by atoms with van der Waals surface area (Å²) in [4.78, 5) is 12.7. The van der Waals surface area contributed by atoms with E-state index in [-0.39, 0.29) is 5.91 Å². The molecule has 0 fully saturated rings.